The first-order valence-corrected chi connectivity index (χ1v) is 11.9. The number of ether oxygens (including phenoxy) is 1. The summed E-state index contributed by atoms with van der Waals surface area (Å²) in [6, 6.07) is 16.4. The number of nitrogens with zero attached hydrogens (tertiary/aromatic N) is 1. The normalized spacial score (nSPS) is 15.3. The lowest BCUT2D eigenvalue weighted by Gasteiger charge is -2.41. The van der Waals surface area contributed by atoms with Crippen LogP contribution in [0.4, 0.5) is 4.79 Å². The molecule has 1 aliphatic heterocycles. The molecule has 1 saturated heterocycles. The second kappa shape index (κ2) is 9.87. The lowest BCUT2D eigenvalue weighted by molar-refractivity contribution is -0.140. The van der Waals surface area contributed by atoms with Crippen LogP contribution in [0.3, 0.4) is 0 Å². The van der Waals surface area contributed by atoms with Gasteiger partial charge in [0, 0.05) is 37.4 Å². The number of hydrogen-bond acceptors (Lipinski definition) is 4. The number of likely N-dealkylation sites (tertiary alicyclic amines) is 1. The lowest BCUT2D eigenvalue weighted by Crippen LogP contribution is -2.54. The quantitative estimate of drug-likeness (QED) is 0.573. The Bertz CT molecular complexity index is 1030. The molecule has 0 unspecified atom stereocenters. The van der Waals surface area contributed by atoms with E-state index in [2.05, 4.69) is 29.6 Å². The molecule has 7 nitrogen and oxygen atoms in total. The minimum absolute atomic E-state index is 0.0120. The molecule has 34 heavy (non-hydrogen) atoms. The number of carboxylic acids is 1. The van der Waals surface area contributed by atoms with E-state index in [9.17, 15) is 14.4 Å². The summed E-state index contributed by atoms with van der Waals surface area (Å²) in [6.07, 6.45) is 1.27. The Morgan fingerprint density at radius 3 is 2.21 bits per heavy atom. The summed E-state index contributed by atoms with van der Waals surface area (Å²) < 4.78 is 5.62. The van der Waals surface area contributed by atoms with Crippen molar-refractivity contribution in [3.8, 4) is 11.1 Å². The number of carboxylic acid groups (broad SMARTS) is 1. The van der Waals surface area contributed by atoms with E-state index in [0.29, 0.717) is 25.4 Å². The van der Waals surface area contributed by atoms with Crippen molar-refractivity contribution in [1.82, 2.24) is 10.2 Å². The fraction of sp³-hybridized carbons (Fsp3) is 0.444. The van der Waals surface area contributed by atoms with Gasteiger partial charge in [-0.25, -0.2) is 4.79 Å². The lowest BCUT2D eigenvalue weighted by atomic mass is 9.91. The van der Waals surface area contributed by atoms with Crippen molar-refractivity contribution in [2.24, 2.45) is 5.92 Å². The molecule has 0 aromatic heterocycles. The monoisotopic (exact) mass is 464 g/mol. The van der Waals surface area contributed by atoms with Crippen molar-refractivity contribution in [3.63, 3.8) is 0 Å². The number of rotatable bonds is 9. The molecule has 0 spiro atoms. The number of aliphatic carboxylic acids is 1. The minimum atomic E-state index is -0.784. The van der Waals surface area contributed by atoms with Gasteiger partial charge in [-0.05, 0) is 54.9 Å². The molecule has 2 amide bonds. The molecular weight excluding hydrogens is 432 g/mol. The Morgan fingerprint density at radius 1 is 1.03 bits per heavy atom. The Kier molecular flexibility index (Phi) is 6.91. The largest absolute Gasteiger partial charge is 0.481 e. The smallest absolute Gasteiger partial charge is 0.407 e. The van der Waals surface area contributed by atoms with Crippen LogP contribution in [-0.4, -0.2) is 53.2 Å². The Morgan fingerprint density at radius 2 is 1.62 bits per heavy atom. The fourth-order valence-corrected chi connectivity index (χ4v) is 4.94. The van der Waals surface area contributed by atoms with E-state index >= 15 is 0 Å². The highest BCUT2D eigenvalue weighted by Crippen LogP contribution is 2.44. The van der Waals surface area contributed by atoms with Crippen molar-refractivity contribution in [1.29, 1.82) is 0 Å². The maximum atomic E-state index is 12.6. The van der Waals surface area contributed by atoms with Gasteiger partial charge in [0.25, 0.3) is 0 Å². The Balaban J connectivity index is 1.25. The van der Waals surface area contributed by atoms with Crippen LogP contribution >= 0.6 is 0 Å². The van der Waals surface area contributed by atoms with Gasteiger partial charge >= 0.3 is 12.1 Å². The maximum absolute atomic E-state index is 12.6. The predicted octanol–water partition coefficient (Wildman–Crippen LogP) is 4.41. The SMILES string of the molecule is CC(C)(CC(=O)N1CC(CCCC(=O)O)C1)NC(=O)OCC1c2ccccc2-c2ccccc21. The van der Waals surface area contributed by atoms with E-state index in [0.717, 1.165) is 17.5 Å². The second-order valence-electron chi connectivity index (χ2n) is 9.96. The van der Waals surface area contributed by atoms with Crippen molar-refractivity contribution in [2.75, 3.05) is 19.7 Å². The van der Waals surface area contributed by atoms with Crippen LogP contribution < -0.4 is 5.32 Å². The predicted molar refractivity (Wildman–Crippen MR) is 128 cm³/mol. The second-order valence-corrected chi connectivity index (χ2v) is 9.96. The van der Waals surface area contributed by atoms with Crippen molar-refractivity contribution in [2.45, 2.75) is 51.0 Å². The molecule has 0 saturated carbocycles. The van der Waals surface area contributed by atoms with Gasteiger partial charge in [-0.2, -0.15) is 0 Å². The molecule has 0 radical (unpaired) electrons. The van der Waals surface area contributed by atoms with E-state index in [1.165, 1.54) is 11.1 Å². The van der Waals surface area contributed by atoms with Crippen LogP contribution in [-0.2, 0) is 14.3 Å². The van der Waals surface area contributed by atoms with Crippen LogP contribution in [0.25, 0.3) is 11.1 Å². The molecule has 4 rings (SSSR count). The molecular formula is C27H32N2O5. The summed E-state index contributed by atoms with van der Waals surface area (Å²) in [5.41, 5.74) is 3.92. The van der Waals surface area contributed by atoms with Crippen LogP contribution in [0.15, 0.2) is 48.5 Å². The molecule has 180 valence electrons. The summed E-state index contributed by atoms with van der Waals surface area (Å²) in [4.78, 5) is 37.6. The van der Waals surface area contributed by atoms with Gasteiger partial charge < -0.3 is 20.1 Å². The average molecular weight is 465 g/mol. The molecule has 2 aromatic rings. The standard InChI is InChI=1S/C27H32N2O5/c1-27(2,14-24(30)29-15-18(16-29)8-7-13-25(31)32)28-26(33)34-17-23-21-11-5-3-9-19(21)20-10-4-6-12-22(20)23/h3-6,9-12,18,23H,7-8,13-17H2,1-2H3,(H,28,33)(H,31,32). The summed E-state index contributed by atoms with van der Waals surface area (Å²) in [5, 5.41) is 11.6. The molecule has 2 N–H and O–H groups in total. The van der Waals surface area contributed by atoms with Gasteiger partial charge in [-0.1, -0.05) is 48.5 Å². The van der Waals surface area contributed by atoms with Gasteiger partial charge in [0.15, 0.2) is 0 Å². The summed E-state index contributed by atoms with van der Waals surface area (Å²) in [7, 11) is 0. The van der Waals surface area contributed by atoms with Crippen LogP contribution in [0, 0.1) is 5.92 Å². The molecule has 1 fully saturated rings. The topological polar surface area (TPSA) is 95.9 Å². The van der Waals surface area contributed by atoms with Gasteiger partial charge in [0.05, 0.1) is 0 Å². The van der Waals surface area contributed by atoms with Crippen molar-refractivity contribution in [3.05, 3.63) is 59.7 Å². The first-order valence-electron chi connectivity index (χ1n) is 11.9. The van der Waals surface area contributed by atoms with E-state index in [4.69, 9.17) is 9.84 Å². The zero-order valence-electron chi connectivity index (χ0n) is 19.8. The van der Waals surface area contributed by atoms with Gasteiger partial charge in [-0.3, -0.25) is 9.59 Å². The Hall–Kier alpha value is -3.35. The van der Waals surface area contributed by atoms with E-state index < -0.39 is 17.6 Å². The maximum Gasteiger partial charge on any atom is 0.407 e. The summed E-state index contributed by atoms with van der Waals surface area (Å²) >= 11 is 0. The molecule has 7 heteroatoms. The summed E-state index contributed by atoms with van der Waals surface area (Å²) in [6.45, 7) is 5.17. The van der Waals surface area contributed by atoms with E-state index in [1.807, 2.05) is 38.1 Å². The third-order valence-corrected chi connectivity index (χ3v) is 6.69. The molecule has 1 aliphatic carbocycles. The zero-order valence-corrected chi connectivity index (χ0v) is 19.8. The summed E-state index contributed by atoms with van der Waals surface area (Å²) in [5.74, 6) is -0.449. The number of amides is 2. The number of nitrogens with one attached hydrogen (secondary N) is 1. The number of hydrogen-bond donors (Lipinski definition) is 2. The zero-order chi connectivity index (χ0) is 24.3. The van der Waals surface area contributed by atoms with Crippen molar-refractivity contribution >= 4 is 18.0 Å². The van der Waals surface area contributed by atoms with E-state index in [-0.39, 0.29) is 31.3 Å². The van der Waals surface area contributed by atoms with Crippen LogP contribution in [0.1, 0.15) is 56.6 Å². The number of fused-ring (bicyclic) bond motifs is 3. The Labute approximate surface area is 200 Å². The number of carbonyl (C=O) groups is 3. The minimum Gasteiger partial charge on any atom is -0.481 e. The first kappa shape index (κ1) is 23.8. The number of benzene rings is 2. The molecule has 2 aromatic carbocycles. The van der Waals surface area contributed by atoms with Gasteiger partial charge in [-0.15, -0.1) is 0 Å². The van der Waals surface area contributed by atoms with Crippen LogP contribution in [0.5, 0.6) is 0 Å². The highest BCUT2D eigenvalue weighted by molar-refractivity contribution is 5.80. The first-order chi connectivity index (χ1) is 16.2. The molecule has 2 aliphatic rings. The third-order valence-electron chi connectivity index (χ3n) is 6.69. The van der Waals surface area contributed by atoms with Gasteiger partial charge in [0.1, 0.15) is 6.61 Å². The van der Waals surface area contributed by atoms with Crippen molar-refractivity contribution < 1.29 is 24.2 Å². The average Bonchev–Trinajstić information content (AvgIpc) is 3.06. The number of carbonyl (C=O) groups excluding carboxylic acids is 2. The van der Waals surface area contributed by atoms with Crippen LogP contribution in [0.2, 0.25) is 0 Å². The molecule has 0 bridgehead atoms. The van der Waals surface area contributed by atoms with Gasteiger partial charge in [0.2, 0.25) is 5.91 Å². The highest BCUT2D eigenvalue weighted by atomic mass is 16.5. The highest BCUT2D eigenvalue weighted by Gasteiger charge is 2.35. The molecule has 1 heterocycles. The fourth-order valence-electron chi connectivity index (χ4n) is 4.94. The number of alkyl carbamates (subject to hydrolysis) is 1. The molecule has 0 atom stereocenters. The third kappa shape index (κ3) is 5.41. The van der Waals surface area contributed by atoms with E-state index in [1.54, 1.807) is 4.90 Å².